The molecule has 0 saturated heterocycles. The normalized spacial score (nSPS) is 14.5. The molecule has 0 aliphatic heterocycles. The minimum atomic E-state index is -4.93. The van der Waals surface area contributed by atoms with Crippen LogP contribution in [-0.4, -0.2) is 28.1 Å². The van der Waals surface area contributed by atoms with E-state index in [2.05, 4.69) is 8.43 Å². The number of benzene rings is 2. The highest BCUT2D eigenvalue weighted by Crippen LogP contribution is 2.37. The number of fused-ring (bicyclic) bond motifs is 1. The van der Waals surface area contributed by atoms with Gasteiger partial charge < -0.3 is 13.3 Å². The molecule has 1 fully saturated rings. The van der Waals surface area contributed by atoms with Gasteiger partial charge in [0.1, 0.15) is 5.82 Å². The number of nitrogens with one attached hydrogen (secondary N) is 1. The van der Waals surface area contributed by atoms with Gasteiger partial charge in [0.05, 0.1) is 39.5 Å². The monoisotopic (exact) mass is 694 g/mol. The van der Waals surface area contributed by atoms with E-state index in [9.17, 15) is 26.3 Å². The molecule has 1 N–H and O–H groups in total. The molecule has 0 radical (unpaired) electrons. The first kappa shape index (κ1) is 30.6. The molecule has 1 aromatic heterocycles. The number of pyridine rings is 1. The van der Waals surface area contributed by atoms with E-state index in [-0.39, 0.29) is 29.8 Å². The number of para-hydroxylation sites is 1. The minimum absolute atomic E-state index is 0.135. The van der Waals surface area contributed by atoms with Crippen molar-refractivity contribution in [3.8, 4) is 0 Å². The Bertz CT molecular complexity index is 1310. The Morgan fingerprint density at radius 3 is 2.17 bits per heavy atom. The van der Waals surface area contributed by atoms with Crippen LogP contribution in [0.25, 0.3) is 10.9 Å². The molecular formula is C28H29F6IN4S. The molecule has 0 bridgehead atoms. The third-order valence-corrected chi connectivity index (χ3v) is 8.40. The van der Waals surface area contributed by atoms with Crippen molar-refractivity contribution in [3.63, 3.8) is 0 Å². The molecule has 0 spiro atoms. The molecule has 4 nitrogen and oxygen atoms in total. The standard InChI is InChI=1S/C28H29F6IN4S/c1-2-38(15-18-7-3-4-8-18)25-21(13-20-9-5-6-10-24(20)36-25)17-39(26(40)37-35)16-19-11-22(27(29,30)31)14-23(12-19)28(32,33)34/h5-6,9-14,18H,2-4,7-8,15-17H2,1H3,(H,37,40). The fourth-order valence-corrected chi connectivity index (χ4v) is 5.68. The van der Waals surface area contributed by atoms with Gasteiger partial charge in [0, 0.05) is 37.1 Å². The highest BCUT2D eigenvalue weighted by atomic mass is 127. The zero-order valence-electron chi connectivity index (χ0n) is 21.7. The van der Waals surface area contributed by atoms with E-state index in [0.717, 1.165) is 53.8 Å². The zero-order valence-corrected chi connectivity index (χ0v) is 24.7. The van der Waals surface area contributed by atoms with Crippen molar-refractivity contribution in [1.29, 1.82) is 0 Å². The van der Waals surface area contributed by atoms with E-state index in [1.807, 2.05) is 60.1 Å². The summed E-state index contributed by atoms with van der Waals surface area (Å²) in [6.07, 6.45) is -5.18. The summed E-state index contributed by atoms with van der Waals surface area (Å²) in [6.45, 7) is 3.45. The molecular weight excluding hydrogens is 665 g/mol. The van der Waals surface area contributed by atoms with Gasteiger partial charge in [0.25, 0.3) is 0 Å². The molecule has 12 heteroatoms. The van der Waals surface area contributed by atoms with Crippen LogP contribution >= 0.6 is 35.1 Å². The minimum Gasteiger partial charge on any atom is -0.356 e. The summed E-state index contributed by atoms with van der Waals surface area (Å²) in [4.78, 5) is 8.74. The second-order valence-electron chi connectivity index (χ2n) is 10.0. The van der Waals surface area contributed by atoms with Crippen LogP contribution in [0.1, 0.15) is 54.9 Å². The molecule has 1 saturated carbocycles. The number of hydrogen-bond acceptors (Lipinski definition) is 3. The first-order valence-electron chi connectivity index (χ1n) is 13.0. The molecule has 3 aromatic rings. The second kappa shape index (κ2) is 12.7. The maximum atomic E-state index is 13.5. The van der Waals surface area contributed by atoms with Crippen LogP contribution in [0.2, 0.25) is 0 Å². The summed E-state index contributed by atoms with van der Waals surface area (Å²) < 4.78 is 83.8. The Morgan fingerprint density at radius 1 is 0.975 bits per heavy atom. The number of alkyl halides is 6. The van der Waals surface area contributed by atoms with E-state index in [0.29, 0.717) is 12.5 Å². The van der Waals surface area contributed by atoms with Crippen LogP contribution < -0.4 is 8.43 Å². The van der Waals surface area contributed by atoms with Gasteiger partial charge in [-0.15, -0.1) is 0 Å². The SMILES string of the molecule is CCN(CC1CCCC1)c1nc2ccccc2cc1CN(Cc1cc(C(F)(F)F)cc(C(F)(F)F)c1)C(=S)NI. The zero-order chi connectivity index (χ0) is 29.1. The van der Waals surface area contributed by atoms with Crippen LogP contribution in [0.4, 0.5) is 32.2 Å². The third kappa shape index (κ3) is 7.48. The largest absolute Gasteiger partial charge is 0.416 e. The number of nitrogens with zero attached hydrogens (tertiary/aromatic N) is 3. The Kier molecular flexibility index (Phi) is 9.69. The molecule has 2 aromatic carbocycles. The van der Waals surface area contributed by atoms with Crippen LogP contribution in [0.3, 0.4) is 0 Å². The average Bonchev–Trinajstić information content (AvgIpc) is 3.42. The van der Waals surface area contributed by atoms with E-state index in [1.165, 1.54) is 12.8 Å². The van der Waals surface area contributed by atoms with Crippen LogP contribution in [0.5, 0.6) is 0 Å². The van der Waals surface area contributed by atoms with Gasteiger partial charge in [-0.25, -0.2) is 4.98 Å². The van der Waals surface area contributed by atoms with Crippen molar-refractivity contribution in [2.45, 2.75) is 58.0 Å². The molecule has 40 heavy (non-hydrogen) atoms. The highest BCUT2D eigenvalue weighted by molar-refractivity contribution is 14.1. The van der Waals surface area contributed by atoms with Crippen LogP contribution in [-0.2, 0) is 25.4 Å². The lowest BCUT2D eigenvalue weighted by atomic mass is 10.0. The van der Waals surface area contributed by atoms with E-state index in [4.69, 9.17) is 17.2 Å². The third-order valence-electron chi connectivity index (χ3n) is 7.16. The fraction of sp³-hybridized carbons (Fsp3) is 0.429. The fourth-order valence-electron chi connectivity index (χ4n) is 5.21. The van der Waals surface area contributed by atoms with Crippen molar-refractivity contribution >= 4 is 56.9 Å². The van der Waals surface area contributed by atoms with Crippen molar-refractivity contribution in [3.05, 3.63) is 70.8 Å². The molecule has 0 unspecified atom stereocenters. The van der Waals surface area contributed by atoms with Gasteiger partial charge in [-0.2, -0.15) is 26.3 Å². The van der Waals surface area contributed by atoms with Crippen molar-refractivity contribution < 1.29 is 26.3 Å². The lowest BCUT2D eigenvalue weighted by molar-refractivity contribution is -0.143. The molecule has 4 rings (SSSR count). The Labute approximate surface area is 248 Å². The van der Waals surface area contributed by atoms with E-state index < -0.39 is 23.5 Å². The Morgan fingerprint density at radius 2 is 1.60 bits per heavy atom. The van der Waals surface area contributed by atoms with Gasteiger partial charge >= 0.3 is 12.4 Å². The average molecular weight is 695 g/mol. The van der Waals surface area contributed by atoms with Gasteiger partial charge in [-0.3, -0.25) is 0 Å². The Hall–Kier alpha value is -2.35. The predicted octanol–water partition coefficient (Wildman–Crippen LogP) is 8.52. The number of halogens is 7. The smallest absolute Gasteiger partial charge is 0.356 e. The quantitative estimate of drug-likeness (QED) is 0.111. The maximum Gasteiger partial charge on any atom is 0.416 e. The lowest BCUT2D eigenvalue weighted by Gasteiger charge is -2.31. The first-order valence-corrected chi connectivity index (χ1v) is 14.4. The number of thiocarbonyl (C=S) groups is 1. The number of rotatable bonds is 8. The highest BCUT2D eigenvalue weighted by Gasteiger charge is 2.37. The van der Waals surface area contributed by atoms with Crippen molar-refractivity contribution in [1.82, 2.24) is 13.4 Å². The summed E-state index contributed by atoms with van der Waals surface area (Å²) in [5.74, 6) is 1.29. The lowest BCUT2D eigenvalue weighted by Crippen LogP contribution is -2.36. The van der Waals surface area contributed by atoms with Crippen molar-refractivity contribution in [2.24, 2.45) is 5.92 Å². The molecule has 1 aliphatic rings. The number of aromatic nitrogens is 1. The molecule has 1 aliphatic carbocycles. The van der Waals surface area contributed by atoms with E-state index in [1.54, 1.807) is 4.90 Å². The molecule has 216 valence electrons. The maximum absolute atomic E-state index is 13.5. The molecule has 0 amide bonds. The summed E-state index contributed by atoms with van der Waals surface area (Å²) in [5, 5.41) is 1.06. The first-order chi connectivity index (χ1) is 18.9. The van der Waals surface area contributed by atoms with E-state index >= 15 is 0 Å². The Balaban J connectivity index is 1.74. The topological polar surface area (TPSA) is 31.4 Å². The van der Waals surface area contributed by atoms with Crippen LogP contribution in [0, 0.1) is 5.92 Å². The van der Waals surface area contributed by atoms with Gasteiger partial charge in [0.2, 0.25) is 0 Å². The number of hydrogen-bond donors (Lipinski definition) is 1. The van der Waals surface area contributed by atoms with Gasteiger partial charge in [-0.1, -0.05) is 31.0 Å². The molecule has 1 heterocycles. The van der Waals surface area contributed by atoms with Gasteiger partial charge in [-0.05, 0) is 73.8 Å². The van der Waals surface area contributed by atoms with Crippen molar-refractivity contribution in [2.75, 3.05) is 18.0 Å². The summed E-state index contributed by atoms with van der Waals surface area (Å²) in [5.41, 5.74) is -1.26. The predicted molar refractivity (Wildman–Crippen MR) is 157 cm³/mol. The summed E-state index contributed by atoms with van der Waals surface area (Å²) >= 11 is 7.28. The summed E-state index contributed by atoms with van der Waals surface area (Å²) in [7, 11) is 0. The number of anilines is 1. The molecule has 0 atom stereocenters. The second-order valence-corrected chi connectivity index (χ2v) is 10.9. The van der Waals surface area contributed by atoms with Crippen LogP contribution in [0.15, 0.2) is 48.5 Å². The summed E-state index contributed by atoms with van der Waals surface area (Å²) in [6, 6.07) is 11.2. The van der Waals surface area contributed by atoms with Gasteiger partial charge in [0.15, 0.2) is 5.11 Å².